The van der Waals surface area contributed by atoms with Crippen LogP contribution in [0.1, 0.15) is 68.2 Å². The van der Waals surface area contributed by atoms with Crippen molar-refractivity contribution in [1.29, 1.82) is 0 Å². The summed E-state index contributed by atoms with van der Waals surface area (Å²) in [5.41, 5.74) is -5.40. The second-order valence-corrected chi connectivity index (χ2v) is 12.7. The zero-order chi connectivity index (χ0) is 32.6. The Hall–Kier alpha value is -3.52. The average Bonchev–Trinajstić information content (AvgIpc) is 3.72. The normalized spacial score (nSPS) is 44.4. The number of carbonyl (C=O) groups excluding carboxylic acids is 6. The molecule has 0 aromatic rings. The summed E-state index contributed by atoms with van der Waals surface area (Å²) < 4.78 is 47.2. The van der Waals surface area contributed by atoms with E-state index in [2.05, 4.69) is 0 Å². The van der Waals surface area contributed by atoms with Gasteiger partial charge in [-0.1, -0.05) is 6.92 Å². The van der Waals surface area contributed by atoms with E-state index in [1.807, 2.05) is 6.92 Å². The van der Waals surface area contributed by atoms with Gasteiger partial charge in [-0.25, -0.2) is 4.79 Å². The van der Waals surface area contributed by atoms with Crippen LogP contribution in [-0.4, -0.2) is 95.8 Å². The fraction of sp³-hybridized carbons (Fsp3) is 0.733. The van der Waals surface area contributed by atoms with E-state index in [0.29, 0.717) is 0 Å². The molecule has 3 aliphatic heterocycles. The monoisotopic (exact) mass is 622 g/mol. The van der Waals surface area contributed by atoms with Crippen LogP contribution >= 0.6 is 0 Å². The molecule has 0 amide bonds. The van der Waals surface area contributed by atoms with Crippen molar-refractivity contribution in [3.63, 3.8) is 0 Å². The van der Waals surface area contributed by atoms with Gasteiger partial charge in [-0.05, 0) is 19.9 Å². The SMILES string of the molecule is CC(=O)OC/C1=C/[C@@H]2OC(=O)[C@]3(C)O[C@]23[C@@H](OC(C)=O)[C@H]2[C@@]3(C)O[C@H]3C[C@H](OC(C)=O)[C@]2(C)[C@@H](OC(C)=O)C[C@H]1OC(C)=O. The number of rotatable bonds is 6. The van der Waals surface area contributed by atoms with Gasteiger partial charge in [-0.3, -0.25) is 24.0 Å². The molecule has 0 radical (unpaired) electrons. The molecular formula is C30H38O14. The van der Waals surface area contributed by atoms with Gasteiger partial charge >= 0.3 is 35.8 Å². The average molecular weight is 623 g/mol. The van der Waals surface area contributed by atoms with Crippen molar-refractivity contribution in [1.82, 2.24) is 0 Å². The van der Waals surface area contributed by atoms with Crippen LogP contribution in [-0.2, 0) is 66.7 Å². The summed E-state index contributed by atoms with van der Waals surface area (Å²) in [6.07, 6.45) is -4.67. The molecule has 0 aromatic carbocycles. The first-order chi connectivity index (χ1) is 20.4. The standard InChI is InChI=1S/C30H38O14/c1-13(31)37-12-18-9-23-30(29(8,44-30)26(36)42-23)25(41-17(5)35)24-27(6,20(39-15(3)33)10-19(18)38-14(2)32)21(40-16(4)34)11-22-28(24,7)43-22/h9,19-25H,10-12H2,1-8H3/b18-9-/t19-,20+,21+,22+,23+,24-,25+,27+,28+,29+,30+/m1/s1. The van der Waals surface area contributed by atoms with Gasteiger partial charge in [-0.2, -0.15) is 0 Å². The van der Waals surface area contributed by atoms with E-state index in [1.165, 1.54) is 47.6 Å². The van der Waals surface area contributed by atoms with Crippen molar-refractivity contribution in [3.05, 3.63) is 11.6 Å². The largest absolute Gasteiger partial charge is 0.462 e. The second kappa shape index (κ2) is 10.5. The first-order valence-electron chi connectivity index (χ1n) is 14.5. The summed E-state index contributed by atoms with van der Waals surface area (Å²) in [5.74, 6) is -4.95. The van der Waals surface area contributed by atoms with E-state index in [4.69, 9.17) is 37.9 Å². The summed E-state index contributed by atoms with van der Waals surface area (Å²) in [7, 11) is 0. The lowest BCUT2D eigenvalue weighted by Gasteiger charge is -2.54. The summed E-state index contributed by atoms with van der Waals surface area (Å²) in [5, 5.41) is 0. The van der Waals surface area contributed by atoms with Gasteiger partial charge in [0.25, 0.3) is 0 Å². The predicted octanol–water partition coefficient (Wildman–Crippen LogP) is 1.24. The number of hydrogen-bond acceptors (Lipinski definition) is 14. The number of fused-ring (bicyclic) bond motifs is 3. The Morgan fingerprint density at radius 1 is 0.818 bits per heavy atom. The minimum absolute atomic E-state index is 0.184. The maximum absolute atomic E-state index is 13.3. The van der Waals surface area contributed by atoms with Crippen LogP contribution in [0, 0.1) is 11.3 Å². The molecule has 242 valence electrons. The fourth-order valence-electron chi connectivity index (χ4n) is 7.82. The molecule has 5 aliphatic rings. The van der Waals surface area contributed by atoms with Crippen molar-refractivity contribution in [2.45, 2.75) is 122 Å². The Kier molecular flexibility index (Phi) is 7.64. The van der Waals surface area contributed by atoms with Gasteiger partial charge < -0.3 is 37.9 Å². The number of esters is 6. The predicted molar refractivity (Wildman–Crippen MR) is 143 cm³/mol. The van der Waals surface area contributed by atoms with Crippen molar-refractivity contribution in [2.75, 3.05) is 6.61 Å². The molecule has 0 N–H and O–H groups in total. The zero-order valence-corrected chi connectivity index (χ0v) is 26.0. The third-order valence-electron chi connectivity index (χ3n) is 9.80. The van der Waals surface area contributed by atoms with E-state index < -0.39 is 101 Å². The Morgan fingerprint density at radius 2 is 1.39 bits per heavy atom. The Labute approximate surface area is 253 Å². The van der Waals surface area contributed by atoms with Gasteiger partial charge in [0.2, 0.25) is 0 Å². The van der Waals surface area contributed by atoms with Gasteiger partial charge in [0.15, 0.2) is 17.3 Å². The lowest BCUT2D eigenvalue weighted by atomic mass is 9.53. The Morgan fingerprint density at radius 3 is 1.91 bits per heavy atom. The van der Waals surface area contributed by atoms with Gasteiger partial charge in [-0.15, -0.1) is 0 Å². The molecule has 5 rings (SSSR count). The number of hydrogen-bond donors (Lipinski definition) is 0. The molecule has 3 saturated heterocycles. The highest BCUT2D eigenvalue weighted by Crippen LogP contribution is 2.69. The van der Waals surface area contributed by atoms with E-state index in [-0.39, 0.29) is 25.0 Å². The van der Waals surface area contributed by atoms with Gasteiger partial charge in [0, 0.05) is 59.0 Å². The topological polar surface area (TPSA) is 183 Å². The summed E-state index contributed by atoms with van der Waals surface area (Å²) in [6, 6.07) is 0. The Bertz CT molecular complexity index is 1340. The third kappa shape index (κ3) is 4.86. The van der Waals surface area contributed by atoms with Crippen molar-refractivity contribution in [2.24, 2.45) is 11.3 Å². The van der Waals surface area contributed by atoms with Crippen LogP contribution in [0.3, 0.4) is 0 Å². The summed E-state index contributed by atoms with van der Waals surface area (Å²) >= 11 is 0. The molecule has 1 saturated carbocycles. The highest BCUT2D eigenvalue weighted by Gasteiger charge is 2.89. The molecule has 0 bridgehead atoms. The number of epoxide rings is 2. The van der Waals surface area contributed by atoms with Crippen LogP contribution in [0.25, 0.3) is 0 Å². The molecule has 0 unspecified atom stereocenters. The second-order valence-electron chi connectivity index (χ2n) is 12.7. The van der Waals surface area contributed by atoms with E-state index in [9.17, 15) is 28.8 Å². The van der Waals surface area contributed by atoms with E-state index >= 15 is 0 Å². The fourth-order valence-corrected chi connectivity index (χ4v) is 7.82. The number of carbonyl (C=O) groups is 6. The van der Waals surface area contributed by atoms with Crippen molar-refractivity contribution in [3.8, 4) is 0 Å². The van der Waals surface area contributed by atoms with Crippen LogP contribution in [0.4, 0.5) is 0 Å². The first-order valence-corrected chi connectivity index (χ1v) is 14.5. The maximum atomic E-state index is 13.3. The van der Waals surface area contributed by atoms with E-state index in [1.54, 1.807) is 6.92 Å². The molecule has 14 nitrogen and oxygen atoms in total. The third-order valence-corrected chi connectivity index (χ3v) is 9.80. The molecule has 2 aliphatic carbocycles. The first kappa shape index (κ1) is 31.9. The molecule has 14 heteroatoms. The van der Waals surface area contributed by atoms with Crippen LogP contribution in [0.2, 0.25) is 0 Å². The van der Waals surface area contributed by atoms with Gasteiger partial charge in [0.1, 0.15) is 31.0 Å². The van der Waals surface area contributed by atoms with Crippen LogP contribution in [0.5, 0.6) is 0 Å². The number of ether oxygens (including phenoxy) is 8. The maximum Gasteiger partial charge on any atom is 0.342 e. The molecule has 1 spiro atoms. The smallest absolute Gasteiger partial charge is 0.342 e. The van der Waals surface area contributed by atoms with Crippen molar-refractivity contribution < 1.29 is 66.7 Å². The highest BCUT2D eigenvalue weighted by molar-refractivity contribution is 5.89. The molecule has 4 fully saturated rings. The Balaban J connectivity index is 1.81. The lowest BCUT2D eigenvalue weighted by Crippen LogP contribution is -2.66. The zero-order valence-electron chi connectivity index (χ0n) is 26.0. The minimum Gasteiger partial charge on any atom is -0.462 e. The van der Waals surface area contributed by atoms with Crippen molar-refractivity contribution >= 4 is 35.8 Å². The lowest BCUT2D eigenvalue weighted by molar-refractivity contribution is -0.215. The molecule has 0 aromatic heterocycles. The van der Waals surface area contributed by atoms with Gasteiger partial charge in [0.05, 0.1) is 17.1 Å². The van der Waals surface area contributed by atoms with Crippen LogP contribution < -0.4 is 0 Å². The molecule has 11 atom stereocenters. The highest BCUT2D eigenvalue weighted by atomic mass is 16.7. The van der Waals surface area contributed by atoms with E-state index in [0.717, 1.165) is 0 Å². The molecule has 3 heterocycles. The molecule has 44 heavy (non-hydrogen) atoms. The summed E-state index contributed by atoms with van der Waals surface area (Å²) in [6.45, 7) is 10.7. The quantitative estimate of drug-likeness (QED) is 0.178. The molecular weight excluding hydrogens is 584 g/mol. The minimum atomic E-state index is -1.63. The van der Waals surface area contributed by atoms with Crippen LogP contribution in [0.15, 0.2) is 11.6 Å². The summed E-state index contributed by atoms with van der Waals surface area (Å²) in [4.78, 5) is 75.6.